The summed E-state index contributed by atoms with van der Waals surface area (Å²) in [5.41, 5.74) is 2.09. The monoisotopic (exact) mass is 550 g/mol. The number of amides is 1. The Morgan fingerprint density at radius 1 is 1.11 bits per heavy atom. The number of alkyl halides is 3. The smallest absolute Gasteiger partial charge is 0.347 e. The summed E-state index contributed by atoms with van der Waals surface area (Å²) in [5, 5.41) is 1.38. The molecule has 1 saturated heterocycles. The van der Waals surface area contributed by atoms with Gasteiger partial charge in [0.05, 0.1) is 16.1 Å². The number of likely N-dealkylation sites (tertiary alicyclic amines) is 1. The third-order valence-corrected chi connectivity index (χ3v) is 8.71. The van der Waals surface area contributed by atoms with Gasteiger partial charge in [0.25, 0.3) is 5.91 Å². The lowest BCUT2D eigenvalue weighted by atomic mass is 9.56. The van der Waals surface area contributed by atoms with Crippen molar-refractivity contribution in [3.8, 4) is 0 Å². The van der Waals surface area contributed by atoms with E-state index < -0.39 is 11.7 Å². The van der Waals surface area contributed by atoms with Gasteiger partial charge in [0.2, 0.25) is 0 Å². The molecular weight excluding hydrogens is 524 g/mol. The Kier molecular flexibility index (Phi) is 6.39. The normalized spacial score (nSPS) is 17.2. The van der Waals surface area contributed by atoms with Gasteiger partial charge in [-0.3, -0.25) is 4.79 Å². The van der Waals surface area contributed by atoms with Gasteiger partial charge in [-0.25, -0.2) is 0 Å². The number of Topliss-reactive ketones (excluding diaryl/α,β-unsaturated/α-hetero) is 1. The fraction of sp³-hybridized carbons (Fsp3) is 0.429. The number of benzene rings is 2. The molecule has 1 amide bonds. The average molecular weight is 551 g/mol. The molecule has 1 aliphatic heterocycles. The van der Waals surface area contributed by atoms with Crippen LogP contribution >= 0.6 is 23.2 Å². The fourth-order valence-electron chi connectivity index (χ4n) is 6.15. The van der Waals surface area contributed by atoms with Gasteiger partial charge in [0, 0.05) is 60.0 Å². The van der Waals surface area contributed by atoms with Crippen LogP contribution in [0.1, 0.15) is 58.9 Å². The summed E-state index contributed by atoms with van der Waals surface area (Å²) >= 11 is 13.2. The second-order valence-corrected chi connectivity index (χ2v) is 11.6. The predicted octanol–water partition coefficient (Wildman–Crippen LogP) is 7.23. The molecule has 0 bridgehead atoms. The van der Waals surface area contributed by atoms with Crippen LogP contribution in [0, 0.1) is 18.3 Å². The number of hydrogen-bond acceptors (Lipinski definition) is 2. The van der Waals surface area contributed by atoms with Crippen LogP contribution in [0.3, 0.4) is 0 Å². The first kappa shape index (κ1) is 26.1. The Bertz CT molecular complexity index is 1430. The Morgan fingerprint density at radius 2 is 1.78 bits per heavy atom. The van der Waals surface area contributed by atoms with Crippen LogP contribution in [-0.2, 0) is 24.4 Å². The zero-order valence-electron chi connectivity index (χ0n) is 20.8. The highest BCUT2D eigenvalue weighted by Crippen LogP contribution is 2.53. The zero-order valence-corrected chi connectivity index (χ0v) is 22.3. The molecule has 4 nitrogen and oxygen atoms in total. The Balaban J connectivity index is 1.37. The zero-order chi connectivity index (χ0) is 26.9. The minimum absolute atomic E-state index is 0.119. The summed E-state index contributed by atoms with van der Waals surface area (Å²) in [4.78, 5) is 26.4. The van der Waals surface area contributed by atoms with Crippen molar-refractivity contribution < 1.29 is 22.8 Å². The molecule has 0 atom stereocenters. The number of carbonyl (C=O) groups excluding carboxylic acids is 2. The van der Waals surface area contributed by atoms with Crippen molar-refractivity contribution in [2.75, 3.05) is 13.1 Å². The molecule has 1 aliphatic carbocycles. The van der Waals surface area contributed by atoms with E-state index in [1.54, 1.807) is 42.5 Å². The van der Waals surface area contributed by atoms with E-state index in [1.165, 1.54) is 0 Å². The molecule has 3 aromatic rings. The molecule has 2 aromatic carbocycles. The molecule has 196 valence electrons. The highest BCUT2D eigenvalue weighted by atomic mass is 35.5. The number of aryl methyl sites for hydroxylation is 2. The van der Waals surface area contributed by atoms with Crippen molar-refractivity contribution in [3.05, 3.63) is 68.3 Å². The van der Waals surface area contributed by atoms with Crippen LogP contribution in [0.25, 0.3) is 10.9 Å². The summed E-state index contributed by atoms with van der Waals surface area (Å²) in [6, 6.07) is 7.42. The summed E-state index contributed by atoms with van der Waals surface area (Å²) < 4.78 is 41.8. The van der Waals surface area contributed by atoms with E-state index in [0.717, 1.165) is 36.1 Å². The number of halogens is 5. The van der Waals surface area contributed by atoms with Gasteiger partial charge in [0.1, 0.15) is 5.78 Å². The van der Waals surface area contributed by atoms with Crippen LogP contribution in [0.5, 0.6) is 0 Å². The molecule has 0 unspecified atom stereocenters. The van der Waals surface area contributed by atoms with Crippen LogP contribution in [0.15, 0.2) is 30.3 Å². The highest BCUT2D eigenvalue weighted by Gasteiger charge is 2.53. The Morgan fingerprint density at radius 3 is 2.41 bits per heavy atom. The molecule has 0 radical (unpaired) electrons. The van der Waals surface area contributed by atoms with Crippen molar-refractivity contribution in [2.24, 2.45) is 18.4 Å². The number of hydrogen-bond donors (Lipinski definition) is 0. The third kappa shape index (κ3) is 4.65. The molecule has 1 saturated carbocycles. The number of rotatable bonds is 5. The van der Waals surface area contributed by atoms with E-state index >= 15 is 0 Å². The lowest BCUT2D eigenvalue weighted by Gasteiger charge is -2.59. The maximum absolute atomic E-state index is 13.4. The minimum Gasteiger partial charge on any atom is -0.347 e. The SMILES string of the molecule is CC(=O)CC1CC2(C1)CN(C(=O)c1ccc(Cl)c(Cc3cc4c(C)cc(C(F)(F)F)cc4n3C)c1Cl)C2. The van der Waals surface area contributed by atoms with Crippen molar-refractivity contribution in [1.29, 1.82) is 0 Å². The molecular formula is C28H27Cl2F3N2O2. The predicted molar refractivity (Wildman–Crippen MR) is 138 cm³/mol. The number of ketones is 1. The Hall–Kier alpha value is -2.51. The quantitative estimate of drug-likeness (QED) is 0.336. The molecule has 2 aliphatic rings. The molecule has 2 fully saturated rings. The number of carbonyl (C=O) groups is 2. The minimum atomic E-state index is -4.44. The summed E-state index contributed by atoms with van der Waals surface area (Å²) in [6.45, 7) is 4.57. The van der Waals surface area contributed by atoms with Gasteiger partial charge >= 0.3 is 6.18 Å². The summed E-state index contributed by atoms with van der Waals surface area (Å²) in [7, 11) is 1.71. The molecule has 37 heavy (non-hydrogen) atoms. The first-order valence-corrected chi connectivity index (χ1v) is 13.0. The van der Waals surface area contributed by atoms with Gasteiger partial charge in [0.15, 0.2) is 0 Å². The number of nitrogens with zero attached hydrogens (tertiary/aromatic N) is 2. The third-order valence-electron chi connectivity index (χ3n) is 7.93. The van der Waals surface area contributed by atoms with Crippen LogP contribution < -0.4 is 0 Å². The first-order valence-electron chi connectivity index (χ1n) is 12.2. The second-order valence-electron chi connectivity index (χ2n) is 10.8. The highest BCUT2D eigenvalue weighted by molar-refractivity contribution is 6.38. The molecule has 1 spiro atoms. The van der Waals surface area contributed by atoms with E-state index in [0.29, 0.717) is 52.7 Å². The van der Waals surface area contributed by atoms with Gasteiger partial charge in [-0.05, 0) is 74.1 Å². The lowest BCUT2D eigenvalue weighted by molar-refractivity contribution is -0.137. The topological polar surface area (TPSA) is 42.3 Å². The van der Waals surface area contributed by atoms with Crippen LogP contribution in [0.4, 0.5) is 13.2 Å². The molecule has 2 heterocycles. The van der Waals surface area contributed by atoms with E-state index in [1.807, 2.05) is 6.07 Å². The van der Waals surface area contributed by atoms with Crippen molar-refractivity contribution >= 4 is 45.8 Å². The van der Waals surface area contributed by atoms with E-state index in [2.05, 4.69) is 0 Å². The van der Waals surface area contributed by atoms with Gasteiger partial charge < -0.3 is 14.3 Å². The maximum atomic E-state index is 13.4. The summed E-state index contributed by atoms with van der Waals surface area (Å²) in [6.07, 6.45) is -1.64. The average Bonchev–Trinajstić information content (AvgIpc) is 3.07. The van der Waals surface area contributed by atoms with E-state index in [9.17, 15) is 22.8 Å². The Labute approximate surface area is 223 Å². The number of aromatic nitrogens is 1. The van der Waals surface area contributed by atoms with Gasteiger partial charge in [-0.2, -0.15) is 13.2 Å². The van der Waals surface area contributed by atoms with Crippen LogP contribution in [-0.4, -0.2) is 34.2 Å². The molecule has 0 N–H and O–H groups in total. The molecule has 1 aromatic heterocycles. The fourth-order valence-corrected chi connectivity index (χ4v) is 6.74. The van der Waals surface area contributed by atoms with Crippen molar-refractivity contribution in [1.82, 2.24) is 9.47 Å². The second kappa shape index (κ2) is 9.05. The largest absolute Gasteiger partial charge is 0.416 e. The molecule has 5 rings (SSSR count). The number of fused-ring (bicyclic) bond motifs is 1. The van der Waals surface area contributed by atoms with Crippen LogP contribution in [0.2, 0.25) is 10.0 Å². The van der Waals surface area contributed by atoms with Gasteiger partial charge in [-0.15, -0.1) is 0 Å². The summed E-state index contributed by atoms with van der Waals surface area (Å²) in [5.74, 6) is 0.457. The maximum Gasteiger partial charge on any atom is 0.416 e. The van der Waals surface area contributed by atoms with E-state index in [4.69, 9.17) is 23.2 Å². The lowest BCUT2D eigenvalue weighted by Crippen LogP contribution is -2.63. The van der Waals surface area contributed by atoms with Crippen molar-refractivity contribution in [2.45, 2.75) is 45.7 Å². The molecule has 9 heteroatoms. The standard InChI is InChI=1S/C28H27Cl2F3N2O2/c1-15-6-18(28(31,32)33)8-24-21(15)9-19(34(24)3)10-22-23(29)5-4-20(25(22)30)26(37)35-13-27(14-35)11-17(12-27)7-16(2)36/h4-6,8-9,17H,7,10-14H2,1-3H3. The van der Waals surface area contributed by atoms with E-state index in [-0.39, 0.29) is 28.5 Å². The van der Waals surface area contributed by atoms with Gasteiger partial charge in [-0.1, -0.05) is 23.2 Å². The first-order chi connectivity index (χ1) is 17.3. The van der Waals surface area contributed by atoms with Crippen molar-refractivity contribution in [3.63, 3.8) is 0 Å².